The van der Waals surface area contributed by atoms with Gasteiger partial charge >= 0.3 is 0 Å². The van der Waals surface area contributed by atoms with Crippen LogP contribution in [0.15, 0.2) is 30.4 Å². The summed E-state index contributed by atoms with van der Waals surface area (Å²) < 4.78 is 0. The first-order chi connectivity index (χ1) is 4.75. The summed E-state index contributed by atoms with van der Waals surface area (Å²) in [4.78, 5) is 21.4. The molecular formula is C8H5O2. The summed E-state index contributed by atoms with van der Waals surface area (Å²) in [5.74, 6) is -1.13. The summed E-state index contributed by atoms with van der Waals surface area (Å²) in [5, 5.41) is 0. The lowest BCUT2D eigenvalue weighted by Crippen LogP contribution is -2.15. The molecule has 1 aliphatic carbocycles. The highest BCUT2D eigenvalue weighted by Crippen LogP contribution is 2.04. The van der Waals surface area contributed by atoms with Gasteiger partial charge in [0.1, 0.15) is 0 Å². The highest BCUT2D eigenvalue weighted by molar-refractivity contribution is 6.47. The Labute approximate surface area is 58.5 Å². The Morgan fingerprint density at radius 2 is 2.20 bits per heavy atom. The van der Waals surface area contributed by atoms with Crippen molar-refractivity contribution in [3.63, 3.8) is 0 Å². The zero-order chi connectivity index (χ0) is 7.56. The maximum atomic E-state index is 10.8. The predicted molar refractivity (Wildman–Crippen MR) is 36.1 cm³/mol. The Morgan fingerprint density at radius 1 is 1.50 bits per heavy atom. The molecule has 0 saturated heterocycles. The number of carbonyl (C=O) groups excluding carboxylic acids is 2. The molecule has 1 rings (SSSR count). The largest absolute Gasteiger partial charge is 0.285 e. The van der Waals surface area contributed by atoms with Crippen LogP contribution in [-0.4, -0.2) is 11.6 Å². The minimum Gasteiger partial charge on any atom is -0.285 e. The van der Waals surface area contributed by atoms with Crippen LogP contribution >= 0.6 is 0 Å². The van der Waals surface area contributed by atoms with Gasteiger partial charge in [-0.25, -0.2) is 0 Å². The van der Waals surface area contributed by atoms with Gasteiger partial charge in [-0.3, -0.25) is 9.59 Å². The lowest BCUT2D eigenvalue weighted by atomic mass is 10.0. The molecule has 0 atom stereocenters. The van der Waals surface area contributed by atoms with Crippen molar-refractivity contribution in [2.45, 2.75) is 0 Å². The average molecular weight is 133 g/mol. The van der Waals surface area contributed by atoms with E-state index in [1.165, 1.54) is 18.2 Å². The minimum atomic E-state index is -0.600. The Kier molecular flexibility index (Phi) is 1.63. The van der Waals surface area contributed by atoms with Gasteiger partial charge in [0.05, 0.1) is 0 Å². The number of hydrogen-bond donors (Lipinski definition) is 0. The smallest absolute Gasteiger partial charge is 0.234 e. The fourth-order valence-electron chi connectivity index (χ4n) is 0.640. The van der Waals surface area contributed by atoms with E-state index in [0.29, 0.717) is 5.57 Å². The number of carbonyl (C=O) groups is 2. The second-order valence-electron chi connectivity index (χ2n) is 1.80. The maximum absolute atomic E-state index is 10.8. The lowest BCUT2D eigenvalue weighted by molar-refractivity contribution is -0.131. The van der Waals surface area contributed by atoms with E-state index < -0.39 is 11.6 Å². The fourth-order valence-corrected chi connectivity index (χ4v) is 0.640. The Morgan fingerprint density at radius 3 is 2.70 bits per heavy atom. The van der Waals surface area contributed by atoms with E-state index in [-0.39, 0.29) is 0 Å². The highest BCUT2D eigenvalue weighted by Gasteiger charge is 2.15. The van der Waals surface area contributed by atoms with Gasteiger partial charge in [0, 0.05) is 11.6 Å². The molecule has 2 heteroatoms. The van der Waals surface area contributed by atoms with Crippen LogP contribution in [0.2, 0.25) is 0 Å². The van der Waals surface area contributed by atoms with Gasteiger partial charge in [-0.2, -0.15) is 0 Å². The van der Waals surface area contributed by atoms with E-state index >= 15 is 0 Å². The summed E-state index contributed by atoms with van der Waals surface area (Å²) in [7, 11) is 0. The number of hydrogen-bond acceptors (Lipinski definition) is 2. The van der Waals surface area contributed by atoms with E-state index in [4.69, 9.17) is 0 Å². The first kappa shape index (κ1) is 6.68. The first-order valence-electron chi connectivity index (χ1n) is 2.77. The molecule has 0 saturated carbocycles. The quantitative estimate of drug-likeness (QED) is 0.388. The molecule has 0 heterocycles. The molecule has 0 amide bonds. The molecule has 0 bridgehead atoms. The third-order valence-electron chi connectivity index (χ3n) is 1.17. The Bertz CT molecular complexity index is 256. The van der Waals surface area contributed by atoms with Gasteiger partial charge in [0.2, 0.25) is 11.6 Å². The van der Waals surface area contributed by atoms with Crippen molar-refractivity contribution in [2.75, 3.05) is 0 Å². The van der Waals surface area contributed by atoms with Crippen LogP contribution in [0.5, 0.6) is 0 Å². The van der Waals surface area contributed by atoms with Crippen molar-refractivity contribution in [1.29, 1.82) is 0 Å². The first-order valence-corrected chi connectivity index (χ1v) is 2.77. The number of rotatable bonds is 1. The molecular weight excluding hydrogens is 128 g/mol. The van der Waals surface area contributed by atoms with E-state index in [1.807, 2.05) is 0 Å². The molecule has 49 valence electrons. The van der Waals surface area contributed by atoms with Crippen molar-refractivity contribution in [3.05, 3.63) is 36.5 Å². The van der Waals surface area contributed by atoms with Crippen LogP contribution in [0.3, 0.4) is 0 Å². The van der Waals surface area contributed by atoms with Gasteiger partial charge in [0.25, 0.3) is 0 Å². The Balaban J connectivity index is 3.03. The van der Waals surface area contributed by atoms with Gasteiger partial charge in [0.15, 0.2) is 0 Å². The topological polar surface area (TPSA) is 34.1 Å². The molecule has 0 aliphatic heterocycles. The number of Topliss-reactive ketones (excluding diaryl/α,β-unsaturated/α-hetero) is 2. The predicted octanol–water partition coefficient (Wildman–Crippen LogP) is 0.610. The minimum absolute atomic E-state index is 0.337. The molecule has 0 aromatic carbocycles. The van der Waals surface area contributed by atoms with Gasteiger partial charge in [-0.15, -0.1) is 0 Å². The van der Waals surface area contributed by atoms with Crippen LogP contribution in [0.1, 0.15) is 0 Å². The van der Waals surface area contributed by atoms with Crippen LogP contribution in [0, 0.1) is 6.08 Å². The van der Waals surface area contributed by atoms with E-state index in [0.717, 1.165) is 0 Å². The fraction of sp³-hybridized carbons (Fsp3) is 0. The van der Waals surface area contributed by atoms with Gasteiger partial charge < -0.3 is 0 Å². The van der Waals surface area contributed by atoms with Crippen molar-refractivity contribution in [2.24, 2.45) is 0 Å². The zero-order valence-corrected chi connectivity index (χ0v) is 5.26. The molecule has 0 fully saturated rings. The maximum Gasteiger partial charge on any atom is 0.234 e. The van der Waals surface area contributed by atoms with Crippen LogP contribution in [0.25, 0.3) is 0 Å². The number of allylic oxidation sites excluding steroid dienone is 5. The normalized spacial score (nSPS) is 17.0. The second-order valence-corrected chi connectivity index (χ2v) is 1.80. The van der Waals surface area contributed by atoms with E-state index in [9.17, 15) is 9.59 Å². The molecule has 1 radical (unpaired) electrons. The van der Waals surface area contributed by atoms with Crippen molar-refractivity contribution >= 4 is 11.6 Å². The third-order valence-corrected chi connectivity index (χ3v) is 1.17. The number of ketones is 2. The van der Waals surface area contributed by atoms with Crippen molar-refractivity contribution < 1.29 is 9.59 Å². The van der Waals surface area contributed by atoms with Crippen LogP contribution < -0.4 is 0 Å². The third kappa shape index (κ3) is 0.957. The molecule has 10 heavy (non-hydrogen) atoms. The summed E-state index contributed by atoms with van der Waals surface area (Å²) in [6.45, 7) is 3.38. The molecule has 1 aliphatic rings. The molecule has 0 aromatic rings. The summed E-state index contributed by atoms with van der Waals surface area (Å²) in [6, 6.07) is 0. The molecule has 2 nitrogen and oxygen atoms in total. The van der Waals surface area contributed by atoms with Crippen molar-refractivity contribution in [1.82, 2.24) is 0 Å². The zero-order valence-electron chi connectivity index (χ0n) is 5.26. The van der Waals surface area contributed by atoms with E-state index in [1.54, 1.807) is 0 Å². The highest BCUT2D eigenvalue weighted by atomic mass is 16.2. The monoisotopic (exact) mass is 133 g/mol. The average Bonchev–Trinajstić information content (AvgIpc) is 1.95. The summed E-state index contributed by atoms with van der Waals surface area (Å²) in [6.07, 6.45) is 6.55. The van der Waals surface area contributed by atoms with Crippen LogP contribution in [0.4, 0.5) is 0 Å². The second kappa shape index (κ2) is 2.43. The summed E-state index contributed by atoms with van der Waals surface area (Å²) >= 11 is 0. The molecule has 0 spiro atoms. The standard InChI is InChI=1S/C8H5O2/c1-2-6-4-3-5-7(9)8(6)10/h2-4H,1H2. The lowest BCUT2D eigenvalue weighted by Gasteiger charge is -1.98. The molecule has 0 N–H and O–H groups in total. The SMILES string of the molecule is C=CC1=CC=[C]C(=O)C1=O. The Hall–Kier alpha value is -1.44. The molecule has 0 unspecified atom stereocenters. The van der Waals surface area contributed by atoms with Crippen LogP contribution in [-0.2, 0) is 9.59 Å². The van der Waals surface area contributed by atoms with Crippen molar-refractivity contribution in [3.8, 4) is 0 Å². The molecule has 0 aromatic heterocycles. The summed E-state index contributed by atoms with van der Waals surface area (Å²) in [5.41, 5.74) is 0.337. The van der Waals surface area contributed by atoms with E-state index in [2.05, 4.69) is 12.7 Å². The van der Waals surface area contributed by atoms with Gasteiger partial charge in [-0.05, 0) is 6.08 Å². The van der Waals surface area contributed by atoms with Gasteiger partial charge in [-0.1, -0.05) is 18.7 Å².